The topological polar surface area (TPSA) is 118 Å². The van der Waals surface area contributed by atoms with Gasteiger partial charge in [0.25, 0.3) is 0 Å². The Morgan fingerprint density at radius 2 is 1.94 bits per heavy atom. The van der Waals surface area contributed by atoms with Gasteiger partial charge in [-0.2, -0.15) is 0 Å². The van der Waals surface area contributed by atoms with Crippen molar-refractivity contribution in [3.63, 3.8) is 0 Å². The van der Waals surface area contributed by atoms with Crippen molar-refractivity contribution in [3.8, 4) is 0 Å². The quantitative estimate of drug-likeness (QED) is 0.386. The zero-order valence-corrected chi connectivity index (χ0v) is 8.76. The minimum atomic E-state index is -3.08. The van der Waals surface area contributed by atoms with Gasteiger partial charge >= 0.3 is 0 Å². The minimum absolute atomic E-state index is 1.03. The van der Waals surface area contributed by atoms with Crippen molar-refractivity contribution in [1.82, 2.24) is 0 Å². The van der Waals surface area contributed by atoms with E-state index in [2.05, 4.69) is 0 Å². The summed E-state index contributed by atoms with van der Waals surface area (Å²) in [6, 6.07) is 0. The second kappa shape index (κ2) is 4.38. The molecule has 5 N–H and O–H groups in total. The Morgan fingerprint density at radius 1 is 1.31 bits per heavy atom. The molecule has 0 bridgehead atoms. The Hall–Kier alpha value is -0.530. The van der Waals surface area contributed by atoms with Crippen molar-refractivity contribution in [2.45, 2.75) is 50.5 Å². The predicted octanol–water partition coefficient (Wildman–Crippen LogP) is -1.82. The number of hydrogen-bond donors (Lipinski definition) is 5. The number of Topliss-reactive ketones (excluding diaryl/α,β-unsaturated/α-hetero) is 1. The summed E-state index contributed by atoms with van der Waals surface area (Å²) in [5.41, 5.74) is -9.00. The summed E-state index contributed by atoms with van der Waals surface area (Å²) in [6.07, 6.45) is -2.12. The van der Waals surface area contributed by atoms with Gasteiger partial charge in [-0.3, -0.25) is 4.79 Å². The first-order chi connectivity index (χ1) is 9.14. The lowest BCUT2D eigenvalue weighted by Gasteiger charge is -2.47. The fraction of sp³-hybridized carbons (Fsp3) is 0.900. The molecule has 0 rings (SSSR count). The molecular formula is C10H20O6. The molecule has 0 fully saturated rings. The average Bonchev–Trinajstić information content (AvgIpc) is 2.49. The SMILES string of the molecule is [2H]CC(=O)[C@](O)(C[2H])[C@](O)(C[2H])[C@@](O)(C[2H])[C@H](O)CO. The molecule has 16 heavy (non-hydrogen) atoms. The van der Waals surface area contributed by atoms with E-state index in [0.717, 1.165) is 0 Å². The summed E-state index contributed by atoms with van der Waals surface area (Å²) >= 11 is 0. The van der Waals surface area contributed by atoms with Gasteiger partial charge in [0.2, 0.25) is 0 Å². The second-order valence-electron chi connectivity index (χ2n) is 3.77. The third kappa shape index (κ3) is 2.11. The number of carbonyl (C=O) groups excluding carboxylic acids is 1. The first-order valence-corrected chi connectivity index (χ1v) is 4.31. The predicted molar refractivity (Wildman–Crippen MR) is 55.6 cm³/mol. The van der Waals surface area contributed by atoms with Crippen LogP contribution in [-0.2, 0) is 4.79 Å². The molecule has 6 nitrogen and oxygen atoms in total. The molecule has 0 aromatic rings. The van der Waals surface area contributed by atoms with Gasteiger partial charge < -0.3 is 25.5 Å². The van der Waals surface area contributed by atoms with Gasteiger partial charge in [0, 0.05) is 5.48 Å². The van der Waals surface area contributed by atoms with Crippen LogP contribution in [0.3, 0.4) is 0 Å². The van der Waals surface area contributed by atoms with E-state index in [1.807, 2.05) is 0 Å². The van der Waals surface area contributed by atoms with Crippen molar-refractivity contribution in [2.75, 3.05) is 6.61 Å². The van der Waals surface area contributed by atoms with Crippen molar-refractivity contribution >= 4 is 5.78 Å². The van der Waals surface area contributed by atoms with Gasteiger partial charge in [-0.25, -0.2) is 0 Å². The summed E-state index contributed by atoms with van der Waals surface area (Å²) in [4.78, 5) is 11.6. The summed E-state index contributed by atoms with van der Waals surface area (Å²) in [5.74, 6) is -1.33. The molecule has 0 unspecified atom stereocenters. The van der Waals surface area contributed by atoms with Crippen LogP contribution < -0.4 is 0 Å². The standard InChI is InChI=1S/C10H20O6/c1-6(12)8(2,14)10(4,16)9(3,15)7(13)5-11/h7,11,13-16H,5H2,1-4H3/t7-,8-,9-,10-/m1/s1/i1D,2D,3D,4D. The Labute approximate surface area is 99.8 Å². The lowest BCUT2D eigenvalue weighted by molar-refractivity contribution is -0.251. The van der Waals surface area contributed by atoms with Crippen molar-refractivity contribution in [1.29, 1.82) is 0 Å². The molecule has 6 heteroatoms. The van der Waals surface area contributed by atoms with Crippen LogP contribution in [0.15, 0.2) is 0 Å². The van der Waals surface area contributed by atoms with E-state index in [-0.39, 0.29) is 0 Å². The molecule has 0 radical (unpaired) electrons. The Morgan fingerprint density at radius 3 is 2.25 bits per heavy atom. The maximum atomic E-state index is 11.6. The van der Waals surface area contributed by atoms with Gasteiger partial charge in [-0.15, -0.1) is 0 Å². The molecule has 96 valence electrons. The normalized spacial score (nSPS) is 28.3. The monoisotopic (exact) mass is 240 g/mol. The highest BCUT2D eigenvalue weighted by Crippen LogP contribution is 2.35. The van der Waals surface area contributed by atoms with E-state index in [9.17, 15) is 25.2 Å². The highest BCUT2D eigenvalue weighted by atomic mass is 16.4. The fourth-order valence-electron chi connectivity index (χ4n) is 1.02. The molecule has 0 amide bonds. The van der Waals surface area contributed by atoms with Gasteiger partial charge in [-0.05, 0) is 27.6 Å². The lowest BCUT2D eigenvalue weighted by Crippen LogP contribution is -2.70. The maximum absolute atomic E-state index is 11.6. The van der Waals surface area contributed by atoms with Gasteiger partial charge in [0.1, 0.15) is 17.3 Å². The van der Waals surface area contributed by atoms with Crippen LogP contribution in [0.4, 0.5) is 0 Å². The van der Waals surface area contributed by atoms with Crippen molar-refractivity contribution in [3.05, 3.63) is 0 Å². The van der Waals surface area contributed by atoms with Crippen LogP contribution in [0.1, 0.15) is 33.1 Å². The largest absolute Gasteiger partial charge is 0.394 e. The summed E-state index contributed by atoms with van der Waals surface area (Å²) in [7, 11) is 0. The first kappa shape index (κ1) is 9.49. The number of rotatable bonds is 5. The van der Waals surface area contributed by atoms with Gasteiger partial charge in [-0.1, -0.05) is 0 Å². The van der Waals surface area contributed by atoms with Crippen molar-refractivity contribution < 1.29 is 35.8 Å². The Balaban J connectivity index is 6.07. The van der Waals surface area contributed by atoms with E-state index in [4.69, 9.17) is 10.6 Å². The van der Waals surface area contributed by atoms with E-state index in [0.29, 0.717) is 0 Å². The number of aliphatic hydroxyl groups is 5. The Kier molecular flexibility index (Phi) is 2.60. The van der Waals surface area contributed by atoms with E-state index in [1.54, 1.807) is 0 Å². The molecular weight excluding hydrogens is 216 g/mol. The smallest absolute Gasteiger partial charge is 0.164 e. The first-order valence-electron chi connectivity index (χ1n) is 7.14. The number of aliphatic hydroxyl groups excluding tert-OH is 2. The maximum Gasteiger partial charge on any atom is 0.164 e. The molecule has 0 saturated heterocycles. The summed E-state index contributed by atoms with van der Waals surface area (Å²) < 4.78 is 28.6. The number of hydrogen-bond acceptors (Lipinski definition) is 6. The molecule has 0 heterocycles. The highest BCUT2D eigenvalue weighted by molar-refractivity contribution is 5.86. The van der Waals surface area contributed by atoms with Crippen LogP contribution in [0.5, 0.6) is 0 Å². The van der Waals surface area contributed by atoms with Crippen LogP contribution in [-0.4, -0.2) is 60.8 Å². The van der Waals surface area contributed by atoms with Crippen molar-refractivity contribution in [2.24, 2.45) is 0 Å². The van der Waals surface area contributed by atoms with Gasteiger partial charge in [0.05, 0.1) is 6.61 Å². The lowest BCUT2D eigenvalue weighted by atomic mass is 9.69. The third-order valence-electron chi connectivity index (χ3n) is 2.59. The van der Waals surface area contributed by atoms with Crippen LogP contribution in [0.25, 0.3) is 0 Å². The molecule has 0 spiro atoms. The second-order valence-corrected chi connectivity index (χ2v) is 3.77. The molecule has 0 aromatic heterocycles. The number of carbonyl (C=O) groups is 1. The van der Waals surface area contributed by atoms with Crippen LogP contribution in [0, 0.1) is 0 Å². The summed E-state index contributed by atoms with van der Waals surface area (Å²) in [5, 5.41) is 49.1. The van der Waals surface area contributed by atoms with E-state index < -0.39 is 62.9 Å². The van der Waals surface area contributed by atoms with Crippen LogP contribution >= 0.6 is 0 Å². The molecule has 4 atom stereocenters. The zero-order chi connectivity index (χ0) is 16.2. The molecule has 0 aromatic carbocycles. The van der Waals surface area contributed by atoms with E-state index >= 15 is 0 Å². The Bertz CT molecular complexity index is 346. The molecule has 0 aliphatic carbocycles. The fourth-order valence-corrected chi connectivity index (χ4v) is 1.02. The number of ketones is 1. The molecule has 0 aliphatic heterocycles. The molecule has 0 saturated carbocycles. The minimum Gasteiger partial charge on any atom is -0.394 e. The molecule has 0 aliphatic rings. The third-order valence-corrected chi connectivity index (χ3v) is 2.59. The zero-order valence-electron chi connectivity index (χ0n) is 12.8. The average molecular weight is 240 g/mol. The van der Waals surface area contributed by atoms with Crippen LogP contribution in [0.2, 0.25) is 0 Å². The summed E-state index contributed by atoms with van der Waals surface area (Å²) in [6.45, 7) is -5.67. The van der Waals surface area contributed by atoms with E-state index in [1.165, 1.54) is 0 Å². The highest BCUT2D eigenvalue weighted by Gasteiger charge is 2.59. The van der Waals surface area contributed by atoms with Gasteiger partial charge in [0.15, 0.2) is 11.4 Å².